The molecule has 0 spiro atoms. The van der Waals surface area contributed by atoms with E-state index in [2.05, 4.69) is 28.9 Å². The minimum atomic E-state index is -0.446. The molecule has 0 bridgehead atoms. The van der Waals surface area contributed by atoms with Crippen molar-refractivity contribution < 1.29 is 9.53 Å². The second kappa shape index (κ2) is 9.72. The molecule has 1 aliphatic carbocycles. The van der Waals surface area contributed by atoms with Crippen molar-refractivity contribution in [2.24, 2.45) is 16.8 Å². The van der Waals surface area contributed by atoms with Gasteiger partial charge in [0.1, 0.15) is 11.5 Å². The molecule has 2 aliphatic rings. The Hall–Kier alpha value is -4.40. The fourth-order valence-corrected chi connectivity index (χ4v) is 6.80. The molecule has 1 atom stereocenters. The largest absolute Gasteiger partial charge is 0.460 e. The summed E-state index contributed by atoms with van der Waals surface area (Å²) in [4.78, 5) is 15.4. The zero-order valence-electron chi connectivity index (χ0n) is 21.7. The van der Waals surface area contributed by atoms with E-state index in [1.807, 2.05) is 91.0 Å². The van der Waals surface area contributed by atoms with Gasteiger partial charge < -0.3 is 10.6 Å². The van der Waals surface area contributed by atoms with Gasteiger partial charge in [-0.1, -0.05) is 104 Å². The van der Waals surface area contributed by atoms with Crippen LogP contribution in [0.4, 0.5) is 0 Å². The maximum Gasteiger partial charge on any atom is 0.265 e. The highest BCUT2D eigenvalue weighted by molar-refractivity contribution is 7.09. The molecule has 39 heavy (non-hydrogen) atoms. The summed E-state index contributed by atoms with van der Waals surface area (Å²) < 4.78 is 8.85. The molecule has 0 fully saturated rings. The SMILES string of the molecule is CC1(C)CC2=C(c3c1sc(=NN)n3-c1ccccc1)C(c1ccccc1)C(C(=O)NN)=C(c1ccccc1)O2. The Balaban J connectivity index is 1.72. The molecule has 0 saturated carbocycles. The van der Waals surface area contributed by atoms with Gasteiger partial charge >= 0.3 is 0 Å². The van der Waals surface area contributed by atoms with E-state index in [1.165, 1.54) is 0 Å². The Labute approximate surface area is 230 Å². The number of nitrogens with zero attached hydrogens (tertiary/aromatic N) is 2. The molecule has 8 heteroatoms. The molecule has 3 aromatic carbocycles. The van der Waals surface area contributed by atoms with Crippen molar-refractivity contribution in [3.05, 3.63) is 129 Å². The number of hydrogen-bond donors (Lipinski definition) is 3. The average molecular weight is 536 g/mol. The van der Waals surface area contributed by atoms with Crippen LogP contribution in [-0.4, -0.2) is 10.5 Å². The van der Waals surface area contributed by atoms with Crippen molar-refractivity contribution in [2.75, 3.05) is 0 Å². The quantitative estimate of drug-likeness (QED) is 0.196. The van der Waals surface area contributed by atoms with Gasteiger partial charge in [0.05, 0.1) is 11.3 Å². The predicted molar refractivity (Wildman–Crippen MR) is 154 cm³/mol. The number of para-hydroxylation sites is 1. The van der Waals surface area contributed by atoms with Crippen molar-refractivity contribution in [1.29, 1.82) is 0 Å². The number of fused-ring (bicyclic) bond motifs is 2. The highest BCUT2D eigenvalue weighted by Gasteiger charge is 2.46. The van der Waals surface area contributed by atoms with E-state index in [-0.39, 0.29) is 5.41 Å². The van der Waals surface area contributed by atoms with Crippen molar-refractivity contribution in [3.63, 3.8) is 0 Å². The van der Waals surface area contributed by atoms with Crippen LogP contribution in [0.1, 0.15) is 47.9 Å². The minimum absolute atomic E-state index is 0.269. The maximum absolute atomic E-state index is 13.6. The standard InChI is InChI=1S/C31H29N5O2S/c1-31(2)18-22-24(26-28(31)39-30(35-33)36(26)21-16-10-5-11-17-21)23(19-12-6-3-7-13-19)25(29(37)34-32)27(38-22)20-14-8-4-9-15-20/h3-17,23H,18,32-33H2,1-2H3,(H,34,37). The Morgan fingerprint density at radius 2 is 1.62 bits per heavy atom. The van der Waals surface area contributed by atoms with Gasteiger partial charge in [-0.05, 0) is 17.7 Å². The van der Waals surface area contributed by atoms with E-state index in [4.69, 9.17) is 16.4 Å². The summed E-state index contributed by atoms with van der Waals surface area (Å²) in [5.41, 5.74) is 7.15. The van der Waals surface area contributed by atoms with Gasteiger partial charge in [0.15, 0.2) is 0 Å². The Kier molecular flexibility index (Phi) is 6.21. The van der Waals surface area contributed by atoms with Gasteiger partial charge in [0, 0.05) is 39.5 Å². The fraction of sp³-hybridized carbons (Fsp3) is 0.161. The number of aromatic nitrogens is 1. The molecule has 6 rings (SSSR count). The first-order valence-corrected chi connectivity index (χ1v) is 13.6. The van der Waals surface area contributed by atoms with Crippen LogP contribution in [0.3, 0.4) is 0 Å². The third-order valence-corrected chi connectivity index (χ3v) is 8.73. The predicted octanol–water partition coefficient (Wildman–Crippen LogP) is 4.92. The zero-order valence-corrected chi connectivity index (χ0v) is 22.5. The molecule has 1 aliphatic heterocycles. The fourth-order valence-electron chi connectivity index (χ4n) is 5.63. The summed E-state index contributed by atoms with van der Waals surface area (Å²) in [6.07, 6.45) is 0.645. The Morgan fingerprint density at radius 1 is 1.00 bits per heavy atom. The second-order valence-electron chi connectivity index (χ2n) is 10.3. The first kappa shape index (κ1) is 24.9. The monoisotopic (exact) mass is 535 g/mol. The number of rotatable bonds is 4. The molecule has 1 aromatic heterocycles. The van der Waals surface area contributed by atoms with Gasteiger partial charge in [-0.15, -0.1) is 0 Å². The topological polar surface area (TPSA) is 108 Å². The first-order chi connectivity index (χ1) is 18.9. The van der Waals surface area contributed by atoms with Gasteiger partial charge in [-0.3, -0.25) is 14.8 Å². The number of benzene rings is 3. The number of allylic oxidation sites excluding steroid dienone is 2. The van der Waals surface area contributed by atoms with Crippen LogP contribution in [0.25, 0.3) is 17.0 Å². The first-order valence-electron chi connectivity index (χ1n) is 12.8. The molecule has 5 N–H and O–H groups in total. The molecule has 4 aromatic rings. The highest BCUT2D eigenvalue weighted by atomic mass is 32.1. The normalized spacial score (nSPS) is 18.3. The van der Waals surface area contributed by atoms with E-state index >= 15 is 0 Å². The lowest BCUT2D eigenvalue weighted by molar-refractivity contribution is -0.117. The summed E-state index contributed by atoms with van der Waals surface area (Å²) in [6.45, 7) is 4.41. The van der Waals surface area contributed by atoms with Crippen molar-refractivity contribution in [1.82, 2.24) is 9.99 Å². The lowest BCUT2D eigenvalue weighted by Gasteiger charge is -2.40. The van der Waals surface area contributed by atoms with E-state index in [1.54, 1.807) is 11.3 Å². The third-order valence-electron chi connectivity index (χ3n) is 7.31. The number of amides is 1. The summed E-state index contributed by atoms with van der Waals surface area (Å²) >= 11 is 1.57. The molecule has 7 nitrogen and oxygen atoms in total. The molecule has 0 radical (unpaired) electrons. The number of carbonyl (C=O) groups excluding carboxylic acids is 1. The molecular weight excluding hydrogens is 506 g/mol. The molecule has 196 valence electrons. The summed E-state index contributed by atoms with van der Waals surface area (Å²) in [5.74, 6) is 12.3. The van der Waals surface area contributed by atoms with Crippen molar-refractivity contribution in [2.45, 2.75) is 31.6 Å². The van der Waals surface area contributed by atoms with Gasteiger partial charge in [-0.2, -0.15) is 5.10 Å². The third kappa shape index (κ3) is 4.09. The summed E-state index contributed by atoms with van der Waals surface area (Å²) in [7, 11) is 0. The molecule has 0 saturated heterocycles. The maximum atomic E-state index is 13.6. The molecule has 2 heterocycles. The summed E-state index contributed by atoms with van der Waals surface area (Å²) in [5, 5.41) is 4.19. The number of carbonyl (C=O) groups is 1. The smallest absolute Gasteiger partial charge is 0.265 e. The van der Waals surface area contributed by atoms with Crippen molar-refractivity contribution >= 4 is 28.6 Å². The van der Waals surface area contributed by atoms with Crippen LogP contribution < -0.4 is 21.9 Å². The van der Waals surface area contributed by atoms with Gasteiger partial charge in [-0.25, -0.2) is 5.84 Å². The van der Waals surface area contributed by atoms with Crippen LogP contribution in [0.15, 0.2) is 107 Å². The average Bonchev–Trinajstić information content (AvgIpc) is 3.38. The number of nitrogens with two attached hydrogens (primary N) is 2. The highest BCUT2D eigenvalue weighted by Crippen LogP contribution is 2.55. The Morgan fingerprint density at radius 3 is 2.23 bits per heavy atom. The molecule has 1 amide bonds. The van der Waals surface area contributed by atoms with E-state index in [0.717, 1.165) is 38.7 Å². The number of ether oxygens (including phenoxy) is 1. The molecule has 1 unspecified atom stereocenters. The minimum Gasteiger partial charge on any atom is -0.460 e. The van der Waals surface area contributed by atoms with Crippen LogP contribution >= 0.6 is 11.3 Å². The van der Waals surface area contributed by atoms with Gasteiger partial charge in [0.25, 0.3) is 5.91 Å². The summed E-state index contributed by atoms with van der Waals surface area (Å²) in [6, 6.07) is 29.8. The number of hydrazine groups is 1. The zero-order chi connectivity index (χ0) is 27.1. The number of nitrogens with one attached hydrogen (secondary N) is 1. The lowest BCUT2D eigenvalue weighted by atomic mass is 9.71. The molecular formula is C31H29N5O2S. The van der Waals surface area contributed by atoms with Gasteiger partial charge in [0.2, 0.25) is 4.80 Å². The Bertz CT molecular complexity index is 1680. The lowest BCUT2D eigenvalue weighted by Crippen LogP contribution is -2.37. The van der Waals surface area contributed by atoms with Crippen LogP contribution in [0.5, 0.6) is 0 Å². The van der Waals surface area contributed by atoms with E-state index in [9.17, 15) is 4.79 Å². The van der Waals surface area contributed by atoms with E-state index in [0.29, 0.717) is 22.6 Å². The van der Waals surface area contributed by atoms with Crippen LogP contribution in [0.2, 0.25) is 0 Å². The number of thiazole rings is 1. The number of hydrogen-bond acceptors (Lipinski definition) is 6. The van der Waals surface area contributed by atoms with E-state index < -0.39 is 11.8 Å². The van der Waals surface area contributed by atoms with Crippen LogP contribution in [0, 0.1) is 0 Å². The second-order valence-corrected chi connectivity index (χ2v) is 11.3. The van der Waals surface area contributed by atoms with Crippen LogP contribution in [-0.2, 0) is 14.9 Å². The van der Waals surface area contributed by atoms with Crippen molar-refractivity contribution in [3.8, 4) is 5.69 Å².